The maximum atomic E-state index is 12.3. The largest absolute Gasteiger partial charge is 0.482 e. The lowest BCUT2D eigenvalue weighted by Gasteiger charge is -2.23. The Labute approximate surface area is 148 Å². The monoisotopic (exact) mass is 388 g/mol. The van der Waals surface area contributed by atoms with Crippen molar-refractivity contribution in [2.24, 2.45) is 0 Å². The molecular weight excluding hydrogens is 372 g/mol. The van der Waals surface area contributed by atoms with Crippen LogP contribution >= 0.6 is 24.0 Å². The topological polar surface area (TPSA) is 59.6 Å². The van der Waals surface area contributed by atoms with Crippen LogP contribution in [0, 0.1) is 0 Å². The Morgan fingerprint density at radius 1 is 1.46 bits per heavy atom. The van der Waals surface area contributed by atoms with E-state index in [4.69, 9.17) is 21.1 Å². The van der Waals surface area contributed by atoms with E-state index in [1.54, 1.807) is 0 Å². The molecule has 1 aliphatic heterocycles. The normalized spacial score (nSPS) is 17.8. The Morgan fingerprint density at radius 2 is 2.21 bits per heavy atom. The molecule has 0 aliphatic carbocycles. The lowest BCUT2D eigenvalue weighted by molar-refractivity contribution is -0.153. The summed E-state index contributed by atoms with van der Waals surface area (Å²) in [5, 5.41) is 5.86. The number of alkyl halides is 3. The molecule has 2 N–H and O–H groups in total. The molecule has 10 heteroatoms. The van der Waals surface area contributed by atoms with Crippen LogP contribution in [0.3, 0.4) is 0 Å². The van der Waals surface area contributed by atoms with Gasteiger partial charge in [-0.2, -0.15) is 13.2 Å². The molecule has 1 unspecified atom stereocenters. The molecule has 0 spiro atoms. The predicted octanol–water partition coefficient (Wildman–Crippen LogP) is 3.02. The third-order valence-electron chi connectivity index (χ3n) is 3.04. The van der Waals surface area contributed by atoms with E-state index in [1.165, 1.54) is 18.2 Å². The van der Waals surface area contributed by atoms with E-state index >= 15 is 0 Å². The van der Waals surface area contributed by atoms with Gasteiger partial charge >= 0.3 is 6.18 Å². The first-order valence-corrected chi connectivity index (χ1v) is 7.31. The Kier molecular flexibility index (Phi) is 8.08. The molecule has 136 valence electrons. The van der Waals surface area contributed by atoms with Gasteiger partial charge in [-0.05, 0) is 12.1 Å². The minimum atomic E-state index is -4.48. The van der Waals surface area contributed by atoms with Gasteiger partial charge in [0.05, 0.1) is 18.9 Å². The van der Waals surface area contributed by atoms with E-state index in [-0.39, 0.29) is 47.2 Å². The van der Waals surface area contributed by atoms with Crippen molar-refractivity contribution in [3.63, 3.8) is 0 Å². The molecule has 1 aromatic carbocycles. The second-order valence-corrected chi connectivity index (χ2v) is 5.46. The number of ether oxygens (including phenoxy) is 2. The standard InChI is InChI=1S/C14H16ClF3N2O3.ClH/c15-9-1-2-11(12(5-9)23-8-14(16,17)18)20-13(21)6-10-7-22-4-3-19-10;/h1-2,5,10,19H,3-4,6-8H2,(H,20,21);1H. The third kappa shape index (κ3) is 7.12. The summed E-state index contributed by atoms with van der Waals surface area (Å²) in [6.45, 7) is 0.184. The molecule has 1 heterocycles. The van der Waals surface area contributed by atoms with Crippen molar-refractivity contribution < 1.29 is 27.4 Å². The van der Waals surface area contributed by atoms with Crippen LogP contribution in [0.25, 0.3) is 0 Å². The number of benzene rings is 1. The maximum Gasteiger partial charge on any atom is 0.422 e. The molecule has 0 radical (unpaired) electrons. The predicted molar refractivity (Wildman–Crippen MR) is 86.1 cm³/mol. The second kappa shape index (κ2) is 9.31. The number of rotatable bonds is 5. The molecule has 0 bridgehead atoms. The van der Waals surface area contributed by atoms with Crippen molar-refractivity contribution >= 4 is 35.6 Å². The first-order valence-electron chi connectivity index (χ1n) is 6.93. The average molecular weight is 389 g/mol. The van der Waals surface area contributed by atoms with Gasteiger partial charge < -0.3 is 20.1 Å². The highest BCUT2D eigenvalue weighted by Gasteiger charge is 2.29. The number of anilines is 1. The summed E-state index contributed by atoms with van der Waals surface area (Å²) in [7, 11) is 0. The molecule has 5 nitrogen and oxygen atoms in total. The van der Waals surface area contributed by atoms with E-state index in [9.17, 15) is 18.0 Å². The molecule has 24 heavy (non-hydrogen) atoms. The third-order valence-corrected chi connectivity index (χ3v) is 3.27. The summed E-state index contributed by atoms with van der Waals surface area (Å²) >= 11 is 5.76. The summed E-state index contributed by atoms with van der Waals surface area (Å²) < 4.78 is 46.8. The van der Waals surface area contributed by atoms with Crippen LogP contribution in [0.4, 0.5) is 18.9 Å². The van der Waals surface area contributed by atoms with Crippen LogP contribution in [-0.2, 0) is 9.53 Å². The van der Waals surface area contributed by atoms with E-state index in [1.807, 2.05) is 0 Å². The molecule has 1 fully saturated rings. The quantitative estimate of drug-likeness (QED) is 0.813. The SMILES string of the molecule is Cl.O=C(CC1COCCN1)Nc1ccc(Cl)cc1OCC(F)(F)F. The van der Waals surface area contributed by atoms with Gasteiger partial charge in [0.15, 0.2) is 6.61 Å². The fourth-order valence-electron chi connectivity index (χ4n) is 2.05. The van der Waals surface area contributed by atoms with Gasteiger partial charge in [-0.1, -0.05) is 11.6 Å². The number of carbonyl (C=O) groups is 1. The van der Waals surface area contributed by atoms with Gasteiger partial charge in [0.2, 0.25) is 5.91 Å². The van der Waals surface area contributed by atoms with E-state index in [0.717, 1.165) is 0 Å². The minimum absolute atomic E-state index is 0. The number of morpholine rings is 1. The van der Waals surface area contributed by atoms with Gasteiger partial charge in [0.1, 0.15) is 5.75 Å². The Balaban J connectivity index is 0.00000288. The zero-order valence-electron chi connectivity index (χ0n) is 12.5. The van der Waals surface area contributed by atoms with Crippen LogP contribution in [0.15, 0.2) is 18.2 Å². The first kappa shape index (κ1) is 20.8. The van der Waals surface area contributed by atoms with Gasteiger partial charge in [0, 0.05) is 30.1 Å². The molecule has 2 rings (SSSR count). The van der Waals surface area contributed by atoms with Gasteiger partial charge in [-0.25, -0.2) is 0 Å². The summed E-state index contributed by atoms with van der Waals surface area (Å²) in [5.74, 6) is -0.483. The van der Waals surface area contributed by atoms with Crippen molar-refractivity contribution in [1.29, 1.82) is 0 Å². The summed E-state index contributed by atoms with van der Waals surface area (Å²) in [5.41, 5.74) is 0.139. The Bertz CT molecular complexity index is 553. The lowest BCUT2D eigenvalue weighted by atomic mass is 10.2. The van der Waals surface area contributed by atoms with Gasteiger partial charge in [-0.3, -0.25) is 4.79 Å². The van der Waals surface area contributed by atoms with Crippen molar-refractivity contribution in [3.05, 3.63) is 23.2 Å². The molecule has 0 saturated carbocycles. The molecular formula is C14H17Cl2F3N2O3. The molecule has 1 amide bonds. The summed E-state index contributed by atoms with van der Waals surface area (Å²) in [6, 6.07) is 3.96. The Morgan fingerprint density at radius 3 is 2.83 bits per heavy atom. The fraction of sp³-hybridized carbons (Fsp3) is 0.500. The highest BCUT2D eigenvalue weighted by molar-refractivity contribution is 6.30. The van der Waals surface area contributed by atoms with Crippen LogP contribution < -0.4 is 15.4 Å². The van der Waals surface area contributed by atoms with E-state index < -0.39 is 12.8 Å². The Hall–Kier alpha value is -1.22. The van der Waals surface area contributed by atoms with Crippen LogP contribution in [0.5, 0.6) is 5.75 Å². The van der Waals surface area contributed by atoms with Crippen LogP contribution in [0.1, 0.15) is 6.42 Å². The summed E-state index contributed by atoms with van der Waals surface area (Å²) in [4.78, 5) is 12.0. The number of halogens is 5. The fourth-order valence-corrected chi connectivity index (χ4v) is 2.22. The zero-order valence-corrected chi connectivity index (χ0v) is 14.1. The zero-order chi connectivity index (χ0) is 16.9. The number of nitrogens with one attached hydrogen (secondary N) is 2. The van der Waals surface area contributed by atoms with Gasteiger partial charge in [0.25, 0.3) is 0 Å². The second-order valence-electron chi connectivity index (χ2n) is 5.02. The molecule has 0 aromatic heterocycles. The number of hydrogen-bond donors (Lipinski definition) is 2. The minimum Gasteiger partial charge on any atom is -0.482 e. The van der Waals surface area contributed by atoms with Gasteiger partial charge in [-0.15, -0.1) is 12.4 Å². The lowest BCUT2D eigenvalue weighted by Crippen LogP contribution is -2.43. The number of amides is 1. The van der Waals surface area contributed by atoms with Crippen molar-refractivity contribution in [2.45, 2.75) is 18.6 Å². The first-order chi connectivity index (χ1) is 10.8. The molecule has 1 aliphatic rings. The summed E-state index contributed by atoms with van der Waals surface area (Å²) in [6.07, 6.45) is -4.34. The molecule has 1 saturated heterocycles. The van der Waals surface area contributed by atoms with E-state index in [2.05, 4.69) is 10.6 Å². The van der Waals surface area contributed by atoms with Crippen molar-refractivity contribution in [2.75, 3.05) is 31.7 Å². The average Bonchev–Trinajstić information content (AvgIpc) is 2.47. The highest BCUT2D eigenvalue weighted by atomic mass is 35.5. The number of hydrogen-bond acceptors (Lipinski definition) is 4. The van der Waals surface area contributed by atoms with Crippen LogP contribution in [0.2, 0.25) is 5.02 Å². The van der Waals surface area contributed by atoms with Crippen molar-refractivity contribution in [3.8, 4) is 5.75 Å². The molecule has 1 aromatic rings. The molecule has 1 atom stereocenters. The van der Waals surface area contributed by atoms with Crippen molar-refractivity contribution in [1.82, 2.24) is 5.32 Å². The van der Waals surface area contributed by atoms with Crippen LogP contribution in [-0.4, -0.2) is 44.5 Å². The maximum absolute atomic E-state index is 12.3. The number of carbonyl (C=O) groups excluding carboxylic acids is 1. The van der Waals surface area contributed by atoms with E-state index in [0.29, 0.717) is 19.8 Å². The highest BCUT2D eigenvalue weighted by Crippen LogP contribution is 2.30. The smallest absolute Gasteiger partial charge is 0.422 e.